The van der Waals surface area contributed by atoms with Gasteiger partial charge in [-0.3, -0.25) is 0 Å². The van der Waals surface area contributed by atoms with Gasteiger partial charge in [0.15, 0.2) is 0 Å². The van der Waals surface area contributed by atoms with Crippen LogP contribution >= 0.6 is 0 Å². The van der Waals surface area contributed by atoms with Gasteiger partial charge in [-0.05, 0) is 18.9 Å². The molecule has 0 aliphatic rings. The maximum atomic E-state index is 3.93. The first kappa shape index (κ1) is 12.0. The molecule has 0 amide bonds. The molecule has 15 heavy (non-hydrogen) atoms. The van der Waals surface area contributed by atoms with Crippen LogP contribution in [0.15, 0.2) is 18.5 Å². The van der Waals surface area contributed by atoms with E-state index in [-0.39, 0.29) is 0 Å². The number of aromatic nitrogens is 2. The Kier molecular flexibility index (Phi) is 5.74. The lowest BCUT2D eigenvalue weighted by Gasteiger charge is -2.23. The highest BCUT2D eigenvalue weighted by Crippen LogP contribution is 2.12. The van der Waals surface area contributed by atoms with E-state index in [4.69, 9.17) is 0 Å². The smallest absolute Gasteiger partial charge is 0.0729 e. The number of hydrogen-bond donors (Lipinski definition) is 0. The average Bonchev–Trinajstić information content (AvgIpc) is 2.30. The quantitative estimate of drug-likeness (QED) is 0.688. The Morgan fingerprint density at radius 1 is 1.07 bits per heavy atom. The van der Waals surface area contributed by atoms with Gasteiger partial charge in [-0.15, -0.1) is 0 Å². The van der Waals surface area contributed by atoms with Crippen LogP contribution in [0.2, 0.25) is 0 Å². The standard InChI is InChI=1S/C12H21N3/c1-3-5-9-15(10-6-4-2)12-7-8-13-14-11-12/h7-8,11H,3-6,9-10H2,1-2H3. The van der Waals surface area contributed by atoms with E-state index < -0.39 is 0 Å². The number of anilines is 1. The van der Waals surface area contributed by atoms with E-state index in [1.165, 1.54) is 31.4 Å². The van der Waals surface area contributed by atoms with Crippen LogP contribution in [0.25, 0.3) is 0 Å². The zero-order valence-corrected chi connectivity index (χ0v) is 9.82. The van der Waals surface area contributed by atoms with E-state index in [2.05, 4.69) is 28.9 Å². The highest BCUT2D eigenvalue weighted by atomic mass is 15.2. The summed E-state index contributed by atoms with van der Waals surface area (Å²) in [6.07, 6.45) is 8.58. The summed E-state index contributed by atoms with van der Waals surface area (Å²) in [6, 6.07) is 2.04. The van der Waals surface area contributed by atoms with E-state index in [1.54, 1.807) is 6.20 Å². The van der Waals surface area contributed by atoms with Crippen LogP contribution in [-0.2, 0) is 0 Å². The monoisotopic (exact) mass is 207 g/mol. The van der Waals surface area contributed by atoms with Crippen LogP contribution in [0.3, 0.4) is 0 Å². The molecule has 0 fully saturated rings. The second-order valence-electron chi connectivity index (χ2n) is 3.79. The molecule has 1 heterocycles. The summed E-state index contributed by atoms with van der Waals surface area (Å²) >= 11 is 0. The average molecular weight is 207 g/mol. The van der Waals surface area contributed by atoms with Crippen molar-refractivity contribution in [1.29, 1.82) is 0 Å². The fraction of sp³-hybridized carbons (Fsp3) is 0.667. The summed E-state index contributed by atoms with van der Waals surface area (Å²) in [4.78, 5) is 2.40. The van der Waals surface area contributed by atoms with Gasteiger partial charge in [-0.2, -0.15) is 10.2 Å². The third-order valence-electron chi connectivity index (χ3n) is 2.50. The molecule has 0 unspecified atom stereocenters. The molecular weight excluding hydrogens is 186 g/mol. The van der Waals surface area contributed by atoms with E-state index in [9.17, 15) is 0 Å². The number of hydrogen-bond acceptors (Lipinski definition) is 3. The van der Waals surface area contributed by atoms with Gasteiger partial charge >= 0.3 is 0 Å². The second kappa shape index (κ2) is 7.21. The van der Waals surface area contributed by atoms with Gasteiger partial charge in [0.1, 0.15) is 0 Å². The Bertz CT molecular complexity index is 240. The first-order chi connectivity index (χ1) is 7.38. The minimum Gasteiger partial charge on any atom is -0.370 e. The summed E-state index contributed by atoms with van der Waals surface area (Å²) in [5.74, 6) is 0. The van der Waals surface area contributed by atoms with Crippen molar-refractivity contribution in [2.75, 3.05) is 18.0 Å². The van der Waals surface area contributed by atoms with Gasteiger partial charge in [0.05, 0.1) is 18.1 Å². The molecule has 0 spiro atoms. The van der Waals surface area contributed by atoms with Crippen molar-refractivity contribution in [3.8, 4) is 0 Å². The Hall–Kier alpha value is -1.12. The maximum Gasteiger partial charge on any atom is 0.0729 e. The zero-order valence-electron chi connectivity index (χ0n) is 9.82. The van der Waals surface area contributed by atoms with Gasteiger partial charge in [0, 0.05) is 13.1 Å². The number of unbranched alkanes of at least 4 members (excludes halogenated alkanes) is 2. The molecule has 0 aliphatic heterocycles. The van der Waals surface area contributed by atoms with Crippen LogP contribution in [0.4, 0.5) is 5.69 Å². The third-order valence-corrected chi connectivity index (χ3v) is 2.50. The largest absolute Gasteiger partial charge is 0.370 e. The van der Waals surface area contributed by atoms with Crippen molar-refractivity contribution in [1.82, 2.24) is 10.2 Å². The summed E-state index contributed by atoms with van der Waals surface area (Å²) in [6.45, 7) is 6.70. The molecule has 0 N–H and O–H groups in total. The summed E-state index contributed by atoms with van der Waals surface area (Å²) in [5.41, 5.74) is 1.20. The van der Waals surface area contributed by atoms with Crippen LogP contribution < -0.4 is 4.90 Å². The van der Waals surface area contributed by atoms with Crippen molar-refractivity contribution in [2.45, 2.75) is 39.5 Å². The molecule has 1 rings (SSSR count). The molecule has 84 valence electrons. The van der Waals surface area contributed by atoms with Gasteiger partial charge in [0.2, 0.25) is 0 Å². The normalized spacial score (nSPS) is 10.3. The minimum absolute atomic E-state index is 1.13. The van der Waals surface area contributed by atoms with Crippen molar-refractivity contribution >= 4 is 5.69 Å². The summed E-state index contributed by atoms with van der Waals surface area (Å²) in [7, 11) is 0. The van der Waals surface area contributed by atoms with Gasteiger partial charge in [-0.25, -0.2) is 0 Å². The van der Waals surface area contributed by atoms with Gasteiger partial charge in [0.25, 0.3) is 0 Å². The van der Waals surface area contributed by atoms with Crippen LogP contribution in [0.5, 0.6) is 0 Å². The lowest BCUT2D eigenvalue weighted by molar-refractivity contribution is 0.676. The van der Waals surface area contributed by atoms with Crippen LogP contribution in [0, 0.1) is 0 Å². The lowest BCUT2D eigenvalue weighted by atomic mass is 10.2. The third kappa shape index (κ3) is 4.28. The number of rotatable bonds is 7. The highest BCUT2D eigenvalue weighted by Gasteiger charge is 2.04. The first-order valence-corrected chi connectivity index (χ1v) is 5.90. The Morgan fingerprint density at radius 3 is 2.20 bits per heavy atom. The van der Waals surface area contributed by atoms with Crippen molar-refractivity contribution in [3.63, 3.8) is 0 Å². The lowest BCUT2D eigenvalue weighted by Crippen LogP contribution is -2.25. The van der Waals surface area contributed by atoms with Crippen molar-refractivity contribution in [3.05, 3.63) is 18.5 Å². The molecule has 0 radical (unpaired) electrons. The number of nitrogens with zero attached hydrogens (tertiary/aromatic N) is 3. The predicted octanol–water partition coefficient (Wildman–Crippen LogP) is 2.88. The Balaban J connectivity index is 2.55. The van der Waals surface area contributed by atoms with Crippen LogP contribution in [0.1, 0.15) is 39.5 Å². The van der Waals surface area contributed by atoms with Crippen molar-refractivity contribution in [2.24, 2.45) is 0 Å². The first-order valence-electron chi connectivity index (χ1n) is 5.90. The molecule has 0 saturated carbocycles. The van der Waals surface area contributed by atoms with E-state index >= 15 is 0 Å². The maximum absolute atomic E-state index is 3.93. The molecule has 1 aromatic heterocycles. The molecular formula is C12H21N3. The van der Waals surface area contributed by atoms with Gasteiger partial charge in [-0.1, -0.05) is 26.7 Å². The fourth-order valence-electron chi connectivity index (χ4n) is 1.54. The molecule has 0 atom stereocenters. The molecule has 0 aromatic carbocycles. The topological polar surface area (TPSA) is 29.0 Å². The molecule has 0 saturated heterocycles. The van der Waals surface area contributed by atoms with Crippen molar-refractivity contribution < 1.29 is 0 Å². The molecule has 1 aromatic rings. The molecule has 3 nitrogen and oxygen atoms in total. The second-order valence-corrected chi connectivity index (χ2v) is 3.79. The van der Waals surface area contributed by atoms with Gasteiger partial charge < -0.3 is 4.90 Å². The zero-order chi connectivity index (χ0) is 10.9. The van der Waals surface area contributed by atoms with E-state index in [1.807, 2.05) is 12.3 Å². The van der Waals surface area contributed by atoms with Crippen LogP contribution in [-0.4, -0.2) is 23.3 Å². The summed E-state index contributed by atoms with van der Waals surface area (Å²) in [5, 5.41) is 7.74. The fourth-order valence-corrected chi connectivity index (χ4v) is 1.54. The molecule has 0 aliphatic carbocycles. The molecule has 3 heteroatoms. The molecule has 0 bridgehead atoms. The predicted molar refractivity (Wildman–Crippen MR) is 64.1 cm³/mol. The van der Waals surface area contributed by atoms with E-state index in [0.717, 1.165) is 13.1 Å². The SMILES string of the molecule is CCCCN(CCCC)c1ccnnc1. The Labute approximate surface area is 92.5 Å². The minimum atomic E-state index is 1.13. The van der Waals surface area contributed by atoms with E-state index in [0.29, 0.717) is 0 Å². The highest BCUT2D eigenvalue weighted by molar-refractivity contribution is 5.42. The Morgan fingerprint density at radius 2 is 1.73 bits per heavy atom. The summed E-state index contributed by atoms with van der Waals surface area (Å²) < 4.78 is 0.